The standard InChI is InChI=1S/C27H26N2O3/c1-3-32-21-14-8-18(9-15-21)26-25-23(22-6-4-5-7-24(22)28-25)16-17-29(26)27(30)19-10-12-20(31-2)13-11-19/h4-15,26,28H,3,16-17H2,1-2H3/t26-/m0/s1. The predicted molar refractivity (Wildman–Crippen MR) is 125 cm³/mol. The third-order valence-electron chi connectivity index (χ3n) is 6.14. The van der Waals surface area contributed by atoms with Gasteiger partial charge in [-0.3, -0.25) is 4.79 Å². The minimum absolute atomic E-state index is 0.0100. The second-order valence-electron chi connectivity index (χ2n) is 7.94. The van der Waals surface area contributed by atoms with Crippen LogP contribution < -0.4 is 9.47 Å². The van der Waals surface area contributed by atoms with Crippen molar-refractivity contribution in [1.29, 1.82) is 0 Å². The van der Waals surface area contributed by atoms with Crippen molar-refractivity contribution in [1.82, 2.24) is 9.88 Å². The number of methoxy groups -OCH3 is 1. The maximum atomic E-state index is 13.6. The number of carbonyl (C=O) groups is 1. The van der Waals surface area contributed by atoms with Crippen molar-refractivity contribution in [3.05, 3.63) is 95.2 Å². The molecule has 32 heavy (non-hydrogen) atoms. The number of benzene rings is 3. The Bertz CT molecular complexity index is 1240. The number of hydrogen-bond acceptors (Lipinski definition) is 3. The number of carbonyl (C=O) groups excluding carboxylic acids is 1. The summed E-state index contributed by atoms with van der Waals surface area (Å²) in [5.41, 5.74) is 5.19. The average molecular weight is 427 g/mol. The van der Waals surface area contributed by atoms with E-state index in [0.29, 0.717) is 18.7 Å². The number of para-hydroxylation sites is 1. The molecule has 1 amide bonds. The lowest BCUT2D eigenvalue weighted by Gasteiger charge is -2.36. The molecule has 0 spiro atoms. The number of rotatable bonds is 5. The third-order valence-corrected chi connectivity index (χ3v) is 6.14. The third kappa shape index (κ3) is 3.50. The van der Waals surface area contributed by atoms with Gasteiger partial charge in [-0.05, 0) is 66.9 Å². The van der Waals surface area contributed by atoms with Crippen LogP contribution in [0.25, 0.3) is 10.9 Å². The fourth-order valence-electron chi connectivity index (χ4n) is 4.62. The normalized spacial score (nSPS) is 15.4. The first-order valence-corrected chi connectivity index (χ1v) is 11.0. The summed E-state index contributed by atoms with van der Waals surface area (Å²) < 4.78 is 10.9. The smallest absolute Gasteiger partial charge is 0.254 e. The van der Waals surface area contributed by atoms with Crippen LogP contribution in [0.1, 0.15) is 40.1 Å². The summed E-state index contributed by atoms with van der Waals surface area (Å²) in [4.78, 5) is 19.2. The van der Waals surface area contributed by atoms with Crippen LogP contribution in [0.4, 0.5) is 0 Å². The molecule has 5 heteroatoms. The minimum Gasteiger partial charge on any atom is -0.497 e. The number of amides is 1. The van der Waals surface area contributed by atoms with Gasteiger partial charge in [0.25, 0.3) is 5.91 Å². The Balaban J connectivity index is 1.59. The van der Waals surface area contributed by atoms with Crippen LogP contribution in [0.5, 0.6) is 11.5 Å². The molecule has 1 aromatic heterocycles. The predicted octanol–water partition coefficient (Wildman–Crippen LogP) is 5.36. The summed E-state index contributed by atoms with van der Waals surface area (Å²) in [6, 6.07) is 23.6. The van der Waals surface area contributed by atoms with Gasteiger partial charge in [-0.25, -0.2) is 0 Å². The highest BCUT2D eigenvalue weighted by Gasteiger charge is 2.35. The molecule has 0 saturated carbocycles. The highest BCUT2D eigenvalue weighted by Crippen LogP contribution is 2.39. The summed E-state index contributed by atoms with van der Waals surface area (Å²) in [6.45, 7) is 3.25. The number of fused-ring (bicyclic) bond motifs is 3. The summed E-state index contributed by atoms with van der Waals surface area (Å²) in [7, 11) is 1.63. The van der Waals surface area contributed by atoms with Crippen molar-refractivity contribution in [2.24, 2.45) is 0 Å². The van der Waals surface area contributed by atoms with Gasteiger partial charge in [0.2, 0.25) is 0 Å². The van der Waals surface area contributed by atoms with Crippen LogP contribution >= 0.6 is 0 Å². The maximum absolute atomic E-state index is 13.6. The average Bonchev–Trinajstić information content (AvgIpc) is 3.22. The van der Waals surface area contributed by atoms with Crippen molar-refractivity contribution < 1.29 is 14.3 Å². The van der Waals surface area contributed by atoms with Crippen molar-refractivity contribution in [2.45, 2.75) is 19.4 Å². The Hall–Kier alpha value is -3.73. The number of nitrogens with one attached hydrogen (secondary N) is 1. The zero-order valence-corrected chi connectivity index (χ0v) is 18.3. The molecule has 0 unspecified atom stereocenters. The molecule has 2 heterocycles. The van der Waals surface area contributed by atoms with Gasteiger partial charge in [-0.1, -0.05) is 30.3 Å². The molecule has 0 aliphatic carbocycles. The van der Waals surface area contributed by atoms with Crippen LogP contribution in [0.2, 0.25) is 0 Å². The molecule has 0 saturated heterocycles. The molecule has 0 fully saturated rings. The number of hydrogen-bond donors (Lipinski definition) is 1. The molecule has 162 valence electrons. The van der Waals surface area contributed by atoms with Crippen molar-refractivity contribution >= 4 is 16.8 Å². The number of nitrogens with zero attached hydrogens (tertiary/aromatic N) is 1. The Morgan fingerprint density at radius 1 is 1.00 bits per heavy atom. The zero-order chi connectivity index (χ0) is 22.1. The summed E-state index contributed by atoms with van der Waals surface area (Å²) >= 11 is 0. The highest BCUT2D eigenvalue weighted by atomic mass is 16.5. The minimum atomic E-state index is -0.198. The van der Waals surface area contributed by atoms with Crippen LogP contribution in [0.3, 0.4) is 0 Å². The lowest BCUT2D eigenvalue weighted by Crippen LogP contribution is -2.40. The quantitative estimate of drug-likeness (QED) is 0.467. The highest BCUT2D eigenvalue weighted by molar-refractivity contribution is 5.95. The van der Waals surface area contributed by atoms with E-state index in [-0.39, 0.29) is 11.9 Å². The van der Waals surface area contributed by atoms with E-state index >= 15 is 0 Å². The van der Waals surface area contributed by atoms with Crippen LogP contribution in [0.15, 0.2) is 72.8 Å². The zero-order valence-electron chi connectivity index (χ0n) is 18.3. The van der Waals surface area contributed by atoms with Gasteiger partial charge in [-0.2, -0.15) is 0 Å². The van der Waals surface area contributed by atoms with E-state index in [2.05, 4.69) is 35.3 Å². The lowest BCUT2D eigenvalue weighted by atomic mass is 9.91. The fraction of sp³-hybridized carbons (Fsp3) is 0.222. The van der Waals surface area contributed by atoms with Gasteiger partial charge in [-0.15, -0.1) is 0 Å². The first kappa shape index (κ1) is 20.2. The van der Waals surface area contributed by atoms with E-state index in [1.54, 1.807) is 7.11 Å². The number of H-pyrrole nitrogens is 1. The number of aromatic nitrogens is 1. The lowest BCUT2D eigenvalue weighted by molar-refractivity contribution is 0.0692. The van der Waals surface area contributed by atoms with E-state index in [1.807, 2.05) is 54.3 Å². The van der Waals surface area contributed by atoms with Gasteiger partial charge >= 0.3 is 0 Å². The molecule has 1 aliphatic rings. The van der Waals surface area contributed by atoms with Crippen molar-refractivity contribution in [2.75, 3.05) is 20.3 Å². The van der Waals surface area contributed by atoms with Gasteiger partial charge in [0.05, 0.1) is 19.8 Å². The Morgan fingerprint density at radius 3 is 2.44 bits per heavy atom. The summed E-state index contributed by atoms with van der Waals surface area (Å²) in [5, 5.41) is 1.23. The molecule has 0 radical (unpaired) electrons. The monoisotopic (exact) mass is 426 g/mol. The van der Waals surface area contributed by atoms with Crippen molar-refractivity contribution in [3.8, 4) is 11.5 Å². The first-order chi connectivity index (χ1) is 15.7. The van der Waals surface area contributed by atoms with Gasteiger partial charge in [0.1, 0.15) is 11.5 Å². The maximum Gasteiger partial charge on any atom is 0.254 e. The summed E-state index contributed by atoms with van der Waals surface area (Å²) in [6.07, 6.45) is 0.814. The van der Waals surface area contributed by atoms with Crippen LogP contribution in [-0.4, -0.2) is 36.1 Å². The van der Waals surface area contributed by atoms with E-state index in [1.165, 1.54) is 10.9 Å². The van der Waals surface area contributed by atoms with Crippen molar-refractivity contribution in [3.63, 3.8) is 0 Å². The molecule has 4 aromatic rings. The van der Waals surface area contributed by atoms with Crippen LogP contribution in [0, 0.1) is 0 Å². The van der Waals surface area contributed by atoms with Gasteiger partial charge in [0.15, 0.2) is 0 Å². The summed E-state index contributed by atoms with van der Waals surface area (Å²) in [5.74, 6) is 1.58. The number of ether oxygens (including phenoxy) is 2. The topological polar surface area (TPSA) is 54.6 Å². The van der Waals surface area contributed by atoms with E-state index in [4.69, 9.17) is 9.47 Å². The van der Waals surface area contributed by atoms with E-state index in [0.717, 1.165) is 34.7 Å². The molecule has 1 atom stereocenters. The molecule has 1 N–H and O–H groups in total. The molecule has 0 bridgehead atoms. The Kier molecular flexibility index (Phi) is 5.31. The van der Waals surface area contributed by atoms with Crippen LogP contribution in [-0.2, 0) is 6.42 Å². The van der Waals surface area contributed by atoms with E-state index < -0.39 is 0 Å². The SMILES string of the molecule is CCOc1ccc([C@H]2c3[nH]c4ccccc4c3CCN2C(=O)c2ccc(OC)cc2)cc1. The Morgan fingerprint density at radius 2 is 1.72 bits per heavy atom. The van der Waals surface area contributed by atoms with E-state index in [9.17, 15) is 4.79 Å². The molecule has 5 nitrogen and oxygen atoms in total. The molecule has 1 aliphatic heterocycles. The van der Waals surface area contributed by atoms with Gasteiger partial charge in [0, 0.05) is 28.7 Å². The number of aromatic amines is 1. The molecule has 5 rings (SSSR count). The molecule has 3 aromatic carbocycles. The second-order valence-corrected chi connectivity index (χ2v) is 7.94. The molecular weight excluding hydrogens is 400 g/mol. The largest absolute Gasteiger partial charge is 0.497 e. The molecular formula is C27H26N2O3. The first-order valence-electron chi connectivity index (χ1n) is 11.0. The van der Waals surface area contributed by atoms with Gasteiger partial charge < -0.3 is 19.4 Å². The Labute approximate surface area is 187 Å². The fourth-order valence-corrected chi connectivity index (χ4v) is 4.62. The second kappa shape index (κ2) is 8.42.